The highest BCUT2D eigenvalue weighted by atomic mass is 32.1. The van der Waals surface area contributed by atoms with E-state index >= 15 is 0 Å². The molecule has 1 saturated heterocycles. The van der Waals surface area contributed by atoms with E-state index in [0.29, 0.717) is 11.5 Å². The van der Waals surface area contributed by atoms with Gasteiger partial charge in [0.15, 0.2) is 0 Å². The lowest BCUT2D eigenvalue weighted by Gasteiger charge is -2.29. The first-order chi connectivity index (χ1) is 13.7. The van der Waals surface area contributed by atoms with Crippen LogP contribution in [0, 0.1) is 5.41 Å². The fourth-order valence-electron chi connectivity index (χ4n) is 4.63. The standard InChI is InChI=1S/C21H27N5OS/c1-25-10-9-23-19(25)13-26(18-12-21(18)5-7-22-8-6-21)14-20-24-16-4-3-15(27-2)11-17(16)28-20/h3-4,9-11,18,22H,5-8,12-14H2,1-2H3. The predicted octanol–water partition coefficient (Wildman–Crippen LogP) is 3.18. The van der Waals surface area contributed by atoms with E-state index in [0.717, 1.165) is 43.3 Å². The van der Waals surface area contributed by atoms with Crippen molar-refractivity contribution in [2.75, 3.05) is 20.2 Å². The van der Waals surface area contributed by atoms with Crippen LogP contribution in [0.4, 0.5) is 0 Å². The van der Waals surface area contributed by atoms with Crippen LogP contribution in [0.2, 0.25) is 0 Å². The Bertz CT molecular complexity index is 974. The molecular formula is C21H27N5OS. The summed E-state index contributed by atoms with van der Waals surface area (Å²) in [6, 6.07) is 6.77. The van der Waals surface area contributed by atoms with Gasteiger partial charge in [-0.25, -0.2) is 9.97 Å². The largest absolute Gasteiger partial charge is 0.497 e. The van der Waals surface area contributed by atoms with E-state index in [4.69, 9.17) is 9.72 Å². The maximum Gasteiger partial charge on any atom is 0.122 e. The SMILES string of the molecule is COc1ccc2nc(CN(Cc3nccn3C)C3CC34CCNCC4)sc2c1. The molecule has 5 rings (SSSR count). The minimum atomic E-state index is 0.496. The fraction of sp³-hybridized carbons (Fsp3) is 0.524. The minimum absolute atomic E-state index is 0.496. The molecule has 1 spiro atoms. The normalized spacial score (nSPS) is 20.9. The van der Waals surface area contributed by atoms with E-state index in [1.807, 2.05) is 18.5 Å². The molecular weight excluding hydrogens is 370 g/mol. The molecule has 28 heavy (non-hydrogen) atoms. The van der Waals surface area contributed by atoms with E-state index in [-0.39, 0.29) is 0 Å². The number of fused-ring (bicyclic) bond motifs is 1. The smallest absolute Gasteiger partial charge is 0.122 e. The Hall–Kier alpha value is -1.96. The average molecular weight is 398 g/mol. The summed E-state index contributed by atoms with van der Waals surface area (Å²) in [4.78, 5) is 12.1. The van der Waals surface area contributed by atoms with Gasteiger partial charge in [0.2, 0.25) is 0 Å². The third-order valence-corrected chi connectivity index (χ3v) is 7.43. The summed E-state index contributed by atoms with van der Waals surface area (Å²) in [6.07, 6.45) is 7.80. The van der Waals surface area contributed by atoms with Crippen LogP contribution in [0.1, 0.15) is 30.1 Å². The number of thiazole rings is 1. The summed E-state index contributed by atoms with van der Waals surface area (Å²) in [7, 11) is 3.79. The Morgan fingerprint density at radius 2 is 2.18 bits per heavy atom. The van der Waals surface area contributed by atoms with E-state index in [1.165, 1.54) is 29.0 Å². The molecule has 1 unspecified atom stereocenters. The molecule has 2 fully saturated rings. The Morgan fingerprint density at radius 1 is 1.32 bits per heavy atom. The summed E-state index contributed by atoms with van der Waals surface area (Å²) in [6.45, 7) is 4.05. The van der Waals surface area contributed by atoms with Gasteiger partial charge in [0.1, 0.15) is 16.6 Å². The van der Waals surface area contributed by atoms with Gasteiger partial charge in [0.05, 0.1) is 30.4 Å². The van der Waals surface area contributed by atoms with Crippen molar-refractivity contribution in [2.24, 2.45) is 12.5 Å². The van der Waals surface area contributed by atoms with Crippen molar-refractivity contribution in [1.29, 1.82) is 0 Å². The summed E-state index contributed by atoms with van der Waals surface area (Å²) < 4.78 is 8.70. The first-order valence-electron chi connectivity index (χ1n) is 10.0. The number of nitrogens with one attached hydrogen (secondary N) is 1. The molecule has 2 aliphatic rings. The van der Waals surface area contributed by atoms with Gasteiger partial charge in [0, 0.05) is 25.5 Å². The number of ether oxygens (including phenoxy) is 1. The van der Waals surface area contributed by atoms with E-state index in [1.54, 1.807) is 18.4 Å². The molecule has 3 heterocycles. The second kappa shape index (κ2) is 7.13. The molecule has 6 nitrogen and oxygen atoms in total. The topological polar surface area (TPSA) is 55.2 Å². The van der Waals surface area contributed by atoms with Crippen molar-refractivity contribution < 1.29 is 4.74 Å². The monoisotopic (exact) mass is 397 g/mol. The number of nitrogens with zero attached hydrogens (tertiary/aromatic N) is 4. The van der Waals surface area contributed by atoms with E-state index in [2.05, 4.69) is 38.9 Å². The fourth-order valence-corrected chi connectivity index (χ4v) is 5.65. The van der Waals surface area contributed by atoms with Crippen molar-refractivity contribution in [2.45, 2.75) is 38.4 Å². The van der Waals surface area contributed by atoms with Crippen LogP contribution >= 0.6 is 11.3 Å². The number of aryl methyl sites for hydroxylation is 1. The molecule has 1 aliphatic heterocycles. The molecule has 1 aliphatic carbocycles. The lowest BCUT2D eigenvalue weighted by molar-refractivity contribution is 0.182. The molecule has 2 aromatic heterocycles. The van der Waals surface area contributed by atoms with Gasteiger partial charge in [-0.1, -0.05) is 0 Å². The van der Waals surface area contributed by atoms with Crippen molar-refractivity contribution in [1.82, 2.24) is 24.8 Å². The highest BCUT2D eigenvalue weighted by Crippen LogP contribution is 2.56. The number of imidazole rings is 1. The number of aromatic nitrogens is 3. The number of piperidine rings is 1. The maximum atomic E-state index is 5.37. The third-order valence-electron chi connectivity index (χ3n) is 6.43. The second-order valence-electron chi connectivity index (χ2n) is 8.13. The van der Waals surface area contributed by atoms with Gasteiger partial charge >= 0.3 is 0 Å². The Balaban J connectivity index is 1.40. The number of rotatable bonds is 6. The first-order valence-corrected chi connectivity index (χ1v) is 10.8. The van der Waals surface area contributed by atoms with E-state index < -0.39 is 0 Å². The van der Waals surface area contributed by atoms with Crippen molar-refractivity contribution in [3.63, 3.8) is 0 Å². The van der Waals surface area contributed by atoms with Crippen LogP contribution in [-0.4, -0.2) is 45.7 Å². The zero-order valence-corrected chi connectivity index (χ0v) is 17.3. The van der Waals surface area contributed by atoms with Crippen LogP contribution in [0.3, 0.4) is 0 Å². The number of methoxy groups -OCH3 is 1. The predicted molar refractivity (Wildman–Crippen MR) is 112 cm³/mol. The highest BCUT2D eigenvalue weighted by Gasteiger charge is 2.56. The Labute approximate surface area is 169 Å². The van der Waals surface area contributed by atoms with Gasteiger partial charge in [0.25, 0.3) is 0 Å². The second-order valence-corrected chi connectivity index (χ2v) is 9.25. The molecule has 1 saturated carbocycles. The van der Waals surface area contributed by atoms with Crippen LogP contribution in [0.15, 0.2) is 30.6 Å². The van der Waals surface area contributed by atoms with Crippen LogP contribution in [0.25, 0.3) is 10.2 Å². The van der Waals surface area contributed by atoms with Gasteiger partial charge in [-0.3, -0.25) is 4.90 Å². The van der Waals surface area contributed by atoms with Crippen molar-refractivity contribution >= 4 is 21.6 Å². The number of hydrogen-bond acceptors (Lipinski definition) is 6. The lowest BCUT2D eigenvalue weighted by atomic mass is 9.93. The molecule has 7 heteroatoms. The molecule has 0 amide bonds. The average Bonchev–Trinajstić information content (AvgIpc) is 3.03. The maximum absolute atomic E-state index is 5.37. The summed E-state index contributed by atoms with van der Waals surface area (Å²) in [5.41, 5.74) is 1.56. The zero-order chi connectivity index (χ0) is 19.1. The number of hydrogen-bond donors (Lipinski definition) is 1. The first kappa shape index (κ1) is 18.1. The van der Waals surface area contributed by atoms with Crippen LogP contribution < -0.4 is 10.1 Å². The summed E-state index contributed by atoms with van der Waals surface area (Å²) in [5, 5.41) is 4.69. The van der Waals surface area contributed by atoms with Gasteiger partial charge in [-0.15, -0.1) is 11.3 Å². The molecule has 0 bridgehead atoms. The molecule has 1 N–H and O–H groups in total. The highest BCUT2D eigenvalue weighted by molar-refractivity contribution is 7.18. The van der Waals surface area contributed by atoms with Crippen LogP contribution in [-0.2, 0) is 20.1 Å². The Kier molecular flexibility index (Phi) is 4.61. The third kappa shape index (κ3) is 3.32. The zero-order valence-electron chi connectivity index (χ0n) is 16.5. The van der Waals surface area contributed by atoms with Crippen molar-refractivity contribution in [3.05, 3.63) is 41.4 Å². The van der Waals surface area contributed by atoms with Gasteiger partial charge < -0.3 is 14.6 Å². The van der Waals surface area contributed by atoms with E-state index in [9.17, 15) is 0 Å². The molecule has 3 aromatic rings. The molecule has 1 atom stereocenters. The minimum Gasteiger partial charge on any atom is -0.497 e. The van der Waals surface area contributed by atoms with Crippen molar-refractivity contribution in [3.8, 4) is 5.75 Å². The van der Waals surface area contributed by atoms with Crippen LogP contribution in [0.5, 0.6) is 5.75 Å². The summed E-state index contributed by atoms with van der Waals surface area (Å²) >= 11 is 1.78. The van der Waals surface area contributed by atoms with Gasteiger partial charge in [-0.05, 0) is 56.0 Å². The molecule has 1 aromatic carbocycles. The quantitative estimate of drug-likeness (QED) is 0.692. The summed E-state index contributed by atoms with van der Waals surface area (Å²) in [5.74, 6) is 2.02. The number of benzene rings is 1. The Morgan fingerprint density at radius 3 is 2.93 bits per heavy atom. The van der Waals surface area contributed by atoms with Gasteiger partial charge in [-0.2, -0.15) is 0 Å². The lowest BCUT2D eigenvalue weighted by Crippen LogP contribution is -2.36. The molecule has 0 radical (unpaired) electrons. The molecule has 148 valence electrons.